The van der Waals surface area contributed by atoms with Crippen molar-refractivity contribution < 1.29 is 111 Å². The van der Waals surface area contributed by atoms with Crippen molar-refractivity contribution in [1.29, 1.82) is 0 Å². The lowest BCUT2D eigenvalue weighted by molar-refractivity contribution is -0.386. The molecule has 0 spiro atoms. The molecule has 2 aromatic rings. The number of urea groups is 1. The molecule has 27 heteroatoms. The number of esters is 4. The van der Waals surface area contributed by atoms with Crippen LogP contribution in [0.3, 0.4) is 0 Å². The van der Waals surface area contributed by atoms with Crippen LogP contribution in [-0.4, -0.2) is 183 Å². The van der Waals surface area contributed by atoms with Crippen LogP contribution in [0.4, 0.5) is 15.3 Å². The zero-order chi connectivity index (χ0) is 69.3. The van der Waals surface area contributed by atoms with E-state index < -0.39 is 186 Å². The molecule has 27 nitrogen and oxygen atoms in total. The van der Waals surface area contributed by atoms with Crippen LogP contribution in [0.1, 0.15) is 124 Å². The standard InChI is InChI=1S/C66H86N4O23/c1-14-15-17-20-35(2)50(70-60(84)93-61(5,6)7)52(90-48(75)30-28-46(72)67-40-25-23-38(24-26-40)31-42(55(79)80)69-59(83)68-41(54(77)78)27-29-47(73)74)57(82)89-43-33-66(85)62(8,9)49(36(43)3)51(87-13)53(76)63(10)44(86-12)32-45-65(34-88-45,91-37(4)71)58(63)64(66,11)92-56(81)39-21-18-16-19-22-39/h14-26,41-45,50-53,58,76,85H,2,27-34H2,1,3-13H3,(H,67,72)(H,70,84)(H,73,74)(H,77,78)(H,79,80)(H2,68,69,83)/b15-14-,20-17-/t41-,42-,43-,44-,45+,50-,51+,52+,53?,58+,63-,64+,65-,66-/m0/s1. The normalized spacial score (nSPS) is 27.5. The number of carboxylic acid groups (broad SMARTS) is 3. The average molecular weight is 1300 g/mol. The van der Waals surface area contributed by atoms with Gasteiger partial charge in [-0.3, -0.25) is 19.2 Å². The minimum atomic E-state index is -2.44. The summed E-state index contributed by atoms with van der Waals surface area (Å²) < 4.78 is 49.8. The first kappa shape index (κ1) is 73.6. The highest BCUT2D eigenvalue weighted by atomic mass is 16.6. The Kier molecular flexibility index (Phi) is 23.4. The minimum absolute atomic E-state index is 0.0210. The Balaban J connectivity index is 1.37. The fraction of sp³-hybridized carbons (Fsp3) is 0.545. The molecule has 0 radical (unpaired) electrons. The maximum absolute atomic E-state index is 15.5. The summed E-state index contributed by atoms with van der Waals surface area (Å²) in [6.45, 7) is 19.6. The van der Waals surface area contributed by atoms with Crippen molar-refractivity contribution in [3.63, 3.8) is 0 Å². The van der Waals surface area contributed by atoms with E-state index in [0.717, 1.165) is 0 Å². The Morgan fingerprint density at radius 2 is 1.46 bits per heavy atom. The lowest BCUT2D eigenvalue weighted by atomic mass is 9.40. The van der Waals surface area contributed by atoms with Gasteiger partial charge >= 0.3 is 53.9 Å². The second kappa shape index (κ2) is 29.6. The lowest BCUT2D eigenvalue weighted by Crippen LogP contribution is -2.85. The zero-order valence-corrected chi connectivity index (χ0v) is 54.2. The monoisotopic (exact) mass is 1300 g/mol. The van der Waals surface area contributed by atoms with Crippen molar-refractivity contribution in [3.05, 3.63) is 113 Å². The molecule has 2 bridgehead atoms. The largest absolute Gasteiger partial charge is 0.481 e. The number of nitrogens with one attached hydrogen (secondary N) is 4. The number of aliphatic carboxylic acids is 3. The molecule has 508 valence electrons. The van der Waals surface area contributed by atoms with Crippen molar-refractivity contribution in [2.24, 2.45) is 16.7 Å². The van der Waals surface area contributed by atoms with E-state index >= 15 is 4.79 Å². The van der Waals surface area contributed by atoms with Crippen LogP contribution < -0.4 is 21.3 Å². The van der Waals surface area contributed by atoms with Crippen LogP contribution in [0.15, 0.2) is 102 Å². The predicted molar refractivity (Wildman–Crippen MR) is 330 cm³/mol. The van der Waals surface area contributed by atoms with Gasteiger partial charge in [-0.05, 0) is 94.5 Å². The van der Waals surface area contributed by atoms with Gasteiger partial charge in [0.15, 0.2) is 5.60 Å². The van der Waals surface area contributed by atoms with Crippen LogP contribution in [0.25, 0.3) is 0 Å². The summed E-state index contributed by atoms with van der Waals surface area (Å²) in [4.78, 5) is 133. The summed E-state index contributed by atoms with van der Waals surface area (Å²) >= 11 is 0. The predicted octanol–water partition coefficient (Wildman–Crippen LogP) is 5.65. The van der Waals surface area contributed by atoms with E-state index in [9.17, 15) is 63.6 Å². The van der Waals surface area contributed by atoms with Crippen LogP contribution in [-0.2, 0) is 77.9 Å². The fourth-order valence-corrected chi connectivity index (χ4v) is 13.6. The number of aliphatic hydroxyl groups excluding tert-OH is 1. The molecule has 1 saturated heterocycles. The summed E-state index contributed by atoms with van der Waals surface area (Å²) in [5, 5.41) is 65.3. The number of amides is 4. The first-order valence-corrected chi connectivity index (χ1v) is 30.2. The van der Waals surface area contributed by atoms with E-state index in [1.165, 1.54) is 76.6 Å². The van der Waals surface area contributed by atoms with Gasteiger partial charge in [0.05, 0.1) is 36.7 Å². The SMILES string of the molecule is C=C(/C=C\C=C/C)[C@H](NC(=O)OC(C)(C)C)[C@@H](OC(=O)CCC(=O)Nc1ccc(C[C@H](NC(=O)N[C@@H](CCC(=O)O)C(=O)O)C(=O)O)cc1)C(=O)O[C@H]1C[C@]2(O)C(C)(C)C(=C1C)[C@@H](OC)C(O)[C@]1(C)[C@@H](OC)C[C@H]3OC[C@@]3(OC(C)=O)[C@H]1[C@@]2(C)OC(=O)c1ccccc1. The number of aliphatic hydroxyl groups is 2. The number of carbonyl (C=O) groups is 10. The van der Waals surface area contributed by atoms with Crippen molar-refractivity contribution in [2.45, 2.75) is 191 Å². The third kappa shape index (κ3) is 15.9. The molecule has 1 aliphatic heterocycles. The van der Waals surface area contributed by atoms with E-state index in [4.69, 9.17) is 43.0 Å². The second-order valence-electron chi connectivity index (χ2n) is 25.6. The van der Waals surface area contributed by atoms with Crippen molar-refractivity contribution in [2.75, 3.05) is 26.1 Å². The molecule has 0 aromatic heterocycles. The number of benzene rings is 2. The first-order valence-electron chi connectivity index (χ1n) is 30.2. The van der Waals surface area contributed by atoms with Gasteiger partial charge in [-0.25, -0.2) is 28.8 Å². The van der Waals surface area contributed by atoms with Crippen LogP contribution in [0.5, 0.6) is 0 Å². The van der Waals surface area contributed by atoms with Gasteiger partial charge in [0.2, 0.25) is 12.0 Å². The van der Waals surface area contributed by atoms with E-state index in [0.29, 0.717) is 5.56 Å². The molecule has 2 aromatic carbocycles. The number of fused-ring (bicyclic) bond motifs is 5. The Labute approximate surface area is 538 Å². The maximum atomic E-state index is 15.5. The summed E-state index contributed by atoms with van der Waals surface area (Å²) in [5.41, 5.74) is -9.82. The van der Waals surface area contributed by atoms with Crippen molar-refractivity contribution in [1.82, 2.24) is 16.0 Å². The summed E-state index contributed by atoms with van der Waals surface area (Å²) in [5.74, 6) is -10.7. The highest BCUT2D eigenvalue weighted by Gasteiger charge is 2.82. The second-order valence-corrected chi connectivity index (χ2v) is 25.6. The number of anilines is 1. The van der Waals surface area contributed by atoms with E-state index in [2.05, 4.69) is 27.8 Å². The van der Waals surface area contributed by atoms with E-state index in [-0.39, 0.29) is 47.4 Å². The maximum Gasteiger partial charge on any atom is 0.408 e. The molecule has 2 saturated carbocycles. The third-order valence-corrected chi connectivity index (χ3v) is 18.0. The Morgan fingerprint density at radius 3 is 2.01 bits per heavy atom. The molecule has 9 N–H and O–H groups in total. The Morgan fingerprint density at radius 1 is 0.828 bits per heavy atom. The Hall–Kier alpha value is -8.50. The van der Waals surface area contributed by atoms with E-state index in [1.54, 1.807) is 85.7 Å². The minimum Gasteiger partial charge on any atom is -0.481 e. The number of hydrogen-bond donors (Lipinski definition) is 9. The summed E-state index contributed by atoms with van der Waals surface area (Å²) in [7, 11) is 2.77. The topological polar surface area (TPSA) is 394 Å². The third-order valence-electron chi connectivity index (χ3n) is 18.0. The van der Waals surface area contributed by atoms with Crippen LogP contribution in [0.2, 0.25) is 0 Å². The van der Waals surface area contributed by atoms with Gasteiger partial charge in [0.1, 0.15) is 53.2 Å². The quantitative estimate of drug-likeness (QED) is 0.0238. The molecular formula is C66H86N4O23. The number of hydrogen-bond acceptors (Lipinski definition) is 20. The lowest BCUT2D eigenvalue weighted by Gasteiger charge is -2.72. The number of rotatable bonds is 26. The molecule has 6 rings (SSSR count). The van der Waals surface area contributed by atoms with Gasteiger partial charge in [-0.1, -0.05) is 82.0 Å². The number of alkyl carbamates (subject to hydrolysis) is 1. The average Bonchev–Trinajstić information content (AvgIpc) is 0.658. The highest BCUT2D eigenvalue weighted by Crippen LogP contribution is 2.69. The smallest absolute Gasteiger partial charge is 0.408 e. The number of methoxy groups -OCH3 is 2. The van der Waals surface area contributed by atoms with Gasteiger partial charge in [0, 0.05) is 69.8 Å². The molecule has 3 fully saturated rings. The first-order chi connectivity index (χ1) is 43.4. The fourth-order valence-electron chi connectivity index (χ4n) is 13.6. The molecule has 93 heavy (non-hydrogen) atoms. The number of carbonyl (C=O) groups excluding carboxylic acids is 7. The highest BCUT2D eigenvalue weighted by molar-refractivity contribution is 5.93. The van der Waals surface area contributed by atoms with Crippen molar-refractivity contribution >= 4 is 65.5 Å². The van der Waals surface area contributed by atoms with Gasteiger partial charge in [-0.2, -0.15) is 0 Å². The number of carboxylic acids is 3. The molecular weight excluding hydrogens is 1220 g/mol. The number of ether oxygens (including phenoxy) is 8. The molecule has 3 aliphatic carbocycles. The van der Waals surface area contributed by atoms with Gasteiger partial charge in [0.25, 0.3) is 0 Å². The van der Waals surface area contributed by atoms with Crippen molar-refractivity contribution in [3.8, 4) is 0 Å². The summed E-state index contributed by atoms with van der Waals surface area (Å²) in [6, 6.07) is 7.48. The number of allylic oxidation sites excluding steroid dienone is 3. The van der Waals surface area contributed by atoms with Gasteiger partial charge < -0.3 is 84.7 Å². The molecule has 1 unspecified atom stereocenters. The zero-order valence-electron chi connectivity index (χ0n) is 54.2. The van der Waals surface area contributed by atoms with E-state index in [1.807, 2.05) is 0 Å². The molecule has 4 aliphatic rings. The van der Waals surface area contributed by atoms with Gasteiger partial charge in [-0.15, -0.1) is 0 Å². The Bertz CT molecular complexity index is 3270. The molecule has 14 atom stereocenters. The summed E-state index contributed by atoms with van der Waals surface area (Å²) in [6.07, 6.45) is -6.62. The van der Waals surface area contributed by atoms with Crippen LogP contribution in [0, 0.1) is 16.7 Å². The molecule has 1 heterocycles. The molecule has 4 amide bonds. The van der Waals surface area contributed by atoms with Crippen LogP contribution >= 0.6 is 0 Å².